The summed E-state index contributed by atoms with van der Waals surface area (Å²) in [6, 6.07) is 0. The van der Waals surface area contributed by atoms with Gasteiger partial charge in [-0.2, -0.15) is 0 Å². The normalized spacial score (nSPS) is 1.50. The summed E-state index contributed by atoms with van der Waals surface area (Å²) in [7, 11) is 0. The first kappa shape index (κ1) is 20.8. The van der Waals surface area contributed by atoms with E-state index in [1.807, 2.05) is 0 Å². The molecule has 0 aromatic carbocycles. The number of hydrogen-bond acceptors (Lipinski definition) is 3. The zero-order valence-corrected chi connectivity index (χ0v) is 4.73. The Labute approximate surface area is 48.5 Å². The Bertz CT molecular complexity index is 9.61. The molecule has 0 aliphatic carbocycles. The summed E-state index contributed by atoms with van der Waals surface area (Å²) in [5.41, 5.74) is 0. The Kier molecular flexibility index (Phi) is 216. The Morgan fingerprint density at radius 2 is 1.50 bits per heavy atom. The second-order valence-corrected chi connectivity index (χ2v) is 0. The Balaban J connectivity index is -0.00000000167. The minimum absolute atomic E-state index is 0. The fourth-order valence-corrected chi connectivity index (χ4v) is 0. The Morgan fingerprint density at radius 1 is 1.50 bits per heavy atom. The van der Waals surface area contributed by atoms with Crippen molar-refractivity contribution in [3.05, 3.63) is 0 Å². The van der Waals surface area contributed by atoms with E-state index >= 15 is 0 Å². The van der Waals surface area contributed by atoms with Crippen LogP contribution < -0.4 is 41.6 Å². The summed E-state index contributed by atoms with van der Waals surface area (Å²) in [6.45, 7) is 0. The van der Waals surface area contributed by atoms with Crippen LogP contribution in [0.25, 0.3) is 0 Å². The molecule has 0 aliphatic heterocycles. The van der Waals surface area contributed by atoms with Gasteiger partial charge in [0, 0.05) is 0 Å². The van der Waals surface area contributed by atoms with E-state index < -0.39 is 0 Å². The first-order chi connectivity index (χ1) is 1.00. The smallest absolute Gasteiger partial charge is 1.00 e. The molecule has 0 unspecified atom stereocenters. The van der Waals surface area contributed by atoms with E-state index in [0.717, 1.165) is 0 Å². The Hall–Kier alpha value is 0.880. The fraction of sp³-hybridized carbons (Fsp3) is 0. The molecule has 0 saturated heterocycles. The summed E-state index contributed by atoms with van der Waals surface area (Å²) in [5, 5.41) is 6.50. The van der Waals surface area contributed by atoms with Crippen molar-refractivity contribution in [3.8, 4) is 0 Å². The number of nitrogens with two attached hydrogens (primary N) is 1. The summed E-state index contributed by atoms with van der Waals surface area (Å²) in [4.78, 5) is 0. The van der Waals surface area contributed by atoms with Gasteiger partial charge in [0.25, 0.3) is 0 Å². The second-order valence-electron chi connectivity index (χ2n) is 0. The molecule has 0 spiro atoms. The molecule has 0 radical (unpaired) electrons. The van der Waals surface area contributed by atoms with Gasteiger partial charge in [-0.05, 0) is 0 Å². The van der Waals surface area contributed by atoms with E-state index in [-0.39, 0.29) is 37.1 Å². The predicted molar refractivity (Wildman–Crippen MR) is 12.1 cm³/mol. The molecule has 0 rings (SSSR count). The van der Waals surface area contributed by atoms with E-state index in [0.29, 0.717) is 0 Å². The van der Waals surface area contributed by atoms with Crippen LogP contribution >= 0.6 is 0 Å². The van der Waals surface area contributed by atoms with Gasteiger partial charge in [0.2, 0.25) is 0 Å². The molecule has 4 heteroatoms. The van der Waals surface area contributed by atoms with Gasteiger partial charge >= 0.3 is 29.6 Å². The van der Waals surface area contributed by atoms with Gasteiger partial charge in [-0.25, -0.2) is 5.90 Å². The van der Waals surface area contributed by atoms with Gasteiger partial charge in [-0.15, -0.1) is 0 Å². The molecule has 4 heavy (non-hydrogen) atoms. The van der Waals surface area contributed by atoms with Gasteiger partial charge in [0.1, 0.15) is 0 Å². The van der Waals surface area contributed by atoms with Crippen LogP contribution in [0.4, 0.5) is 0 Å². The minimum atomic E-state index is 0. The van der Waals surface area contributed by atoms with Crippen LogP contribution in [0.1, 0.15) is 1.43 Å². The van der Waals surface area contributed by atoms with E-state index in [9.17, 15) is 0 Å². The van der Waals surface area contributed by atoms with Crippen LogP contribution in [0.15, 0.2) is 0 Å². The first-order valence-electron chi connectivity index (χ1n) is 0.258. The monoisotopic (exact) mass is 74.0 g/mol. The summed E-state index contributed by atoms with van der Waals surface area (Å²) in [6.07, 6.45) is 0. The van der Waals surface area contributed by atoms with Crippen molar-refractivity contribution in [1.29, 1.82) is 0 Å². The van der Waals surface area contributed by atoms with Crippen molar-refractivity contribution >= 4 is 0 Å². The minimum Gasteiger partial charge on any atom is -1.00 e. The third-order valence-corrected chi connectivity index (χ3v) is 0. The molecule has 0 fully saturated rings. The number of hydrogen-bond donors (Lipinski definition) is 3. The van der Waals surface area contributed by atoms with Crippen molar-refractivity contribution in [1.82, 2.24) is 6.15 Å². The largest absolute Gasteiger partial charge is 1.00 e. The standard InChI is InChI=1S/H3NO.H3N.Na.H/c1-2;;;/h2H,1H2;1H3;;/q;;+1;-1. The summed E-state index contributed by atoms with van der Waals surface area (Å²) in [5.74, 6) is 3.50. The van der Waals surface area contributed by atoms with Crippen molar-refractivity contribution in [2.75, 3.05) is 0 Å². The van der Waals surface area contributed by atoms with Crippen molar-refractivity contribution < 1.29 is 36.2 Å². The molecule has 0 aliphatic rings. The predicted octanol–water partition coefficient (Wildman–Crippen LogP) is -3.39. The Morgan fingerprint density at radius 3 is 1.50 bits per heavy atom. The molecule has 0 heterocycles. The van der Waals surface area contributed by atoms with Crippen LogP contribution in [-0.2, 0) is 0 Å². The van der Waals surface area contributed by atoms with Crippen molar-refractivity contribution in [3.63, 3.8) is 0 Å². The number of rotatable bonds is 0. The van der Waals surface area contributed by atoms with Crippen molar-refractivity contribution in [2.24, 2.45) is 5.90 Å². The maximum atomic E-state index is 6.50. The van der Waals surface area contributed by atoms with Gasteiger partial charge in [-0.3, -0.25) is 0 Å². The molecular formula is H7N2NaO. The topological polar surface area (TPSA) is 81.2 Å². The molecule has 24 valence electrons. The SMILES string of the molecule is N.NO.[H-].[Na+]. The van der Waals surface area contributed by atoms with Crippen LogP contribution in [0.3, 0.4) is 0 Å². The van der Waals surface area contributed by atoms with Gasteiger partial charge in [-0.1, -0.05) is 0 Å². The zero-order valence-electron chi connectivity index (χ0n) is 3.73. The van der Waals surface area contributed by atoms with Crippen LogP contribution in [-0.4, -0.2) is 5.21 Å². The average molecular weight is 74.1 g/mol. The molecule has 0 saturated carbocycles. The van der Waals surface area contributed by atoms with E-state index in [1.54, 1.807) is 0 Å². The van der Waals surface area contributed by atoms with Gasteiger partial charge in [0.05, 0.1) is 0 Å². The van der Waals surface area contributed by atoms with E-state index in [2.05, 4.69) is 5.90 Å². The van der Waals surface area contributed by atoms with E-state index in [1.165, 1.54) is 0 Å². The summed E-state index contributed by atoms with van der Waals surface area (Å²) < 4.78 is 0. The average Bonchev–Trinajstić information content (AvgIpc) is 1.00. The molecule has 0 amide bonds. The fourth-order valence-electron chi connectivity index (χ4n) is 0. The van der Waals surface area contributed by atoms with E-state index in [4.69, 9.17) is 5.21 Å². The quantitative estimate of drug-likeness (QED) is 0.207. The molecule has 3 nitrogen and oxygen atoms in total. The first-order valence-corrected chi connectivity index (χ1v) is 0.258. The molecule has 0 aromatic rings. The molecule has 6 N–H and O–H groups in total. The maximum absolute atomic E-state index is 6.50. The third-order valence-electron chi connectivity index (χ3n) is 0. The van der Waals surface area contributed by atoms with Gasteiger partial charge < -0.3 is 12.8 Å². The zero-order chi connectivity index (χ0) is 2.00. The van der Waals surface area contributed by atoms with Crippen LogP contribution in [0.5, 0.6) is 0 Å². The third kappa shape index (κ3) is 13.1. The molecule has 0 aromatic heterocycles. The van der Waals surface area contributed by atoms with Crippen LogP contribution in [0, 0.1) is 0 Å². The summed E-state index contributed by atoms with van der Waals surface area (Å²) >= 11 is 0. The second kappa shape index (κ2) is 41.6. The van der Waals surface area contributed by atoms with Crippen LogP contribution in [0.2, 0.25) is 0 Å². The maximum Gasteiger partial charge on any atom is 1.00 e. The molecule has 0 bridgehead atoms. The molecular weight excluding hydrogens is 67.0 g/mol. The van der Waals surface area contributed by atoms with Crippen molar-refractivity contribution in [2.45, 2.75) is 0 Å². The molecule has 0 atom stereocenters. The van der Waals surface area contributed by atoms with Gasteiger partial charge in [0.15, 0.2) is 0 Å².